The molecule has 0 bridgehead atoms. The Hall–Kier alpha value is -1.13. The standard InChI is InChI=1S/C21H29IN2O4S/c1-4-26-18-10-16(21(29)24-11-14(2)28-15(3)12-24)9-17(22)20(18)27-13-19(25)23-7-5-6-8-23/h9-10,14-15H,4-8,11-13H2,1-3H3/t14-,15-/m0/s1. The lowest BCUT2D eigenvalue weighted by molar-refractivity contribution is -0.132. The van der Waals surface area contributed by atoms with Crippen molar-refractivity contribution >= 4 is 45.7 Å². The second kappa shape index (κ2) is 10.3. The maximum atomic E-state index is 12.4. The van der Waals surface area contributed by atoms with Gasteiger partial charge >= 0.3 is 0 Å². The maximum Gasteiger partial charge on any atom is 0.260 e. The summed E-state index contributed by atoms with van der Waals surface area (Å²) in [5, 5.41) is 0. The third-order valence-electron chi connectivity index (χ3n) is 5.06. The SMILES string of the molecule is CCOc1cc(C(=S)N2C[C@H](C)O[C@@H](C)C2)cc(I)c1OCC(=O)N1CCCC1. The van der Waals surface area contributed by atoms with Crippen molar-refractivity contribution in [1.82, 2.24) is 9.80 Å². The van der Waals surface area contributed by atoms with E-state index in [1.54, 1.807) is 0 Å². The summed E-state index contributed by atoms with van der Waals surface area (Å²) in [6, 6.07) is 3.93. The van der Waals surface area contributed by atoms with Crippen molar-refractivity contribution in [3.05, 3.63) is 21.3 Å². The predicted molar refractivity (Wildman–Crippen MR) is 125 cm³/mol. The number of benzene rings is 1. The van der Waals surface area contributed by atoms with Crippen molar-refractivity contribution in [2.45, 2.75) is 45.8 Å². The normalized spacial score (nSPS) is 21.9. The van der Waals surface area contributed by atoms with Crippen LogP contribution in [-0.4, -0.2) is 72.3 Å². The molecule has 3 rings (SSSR count). The van der Waals surface area contributed by atoms with Gasteiger partial charge in [0.2, 0.25) is 0 Å². The zero-order valence-corrected chi connectivity index (χ0v) is 20.3. The Morgan fingerprint density at radius 3 is 2.45 bits per heavy atom. The summed E-state index contributed by atoms with van der Waals surface area (Å²) >= 11 is 8.01. The number of thiocarbonyl (C=S) groups is 1. The molecule has 160 valence electrons. The van der Waals surface area contributed by atoms with E-state index < -0.39 is 0 Å². The summed E-state index contributed by atoms with van der Waals surface area (Å²) in [6.45, 7) is 9.78. The first kappa shape index (κ1) is 22.6. The molecule has 0 saturated carbocycles. The predicted octanol–water partition coefficient (Wildman–Crippen LogP) is 3.48. The van der Waals surface area contributed by atoms with E-state index in [4.69, 9.17) is 26.4 Å². The number of morpholine rings is 1. The average molecular weight is 532 g/mol. The van der Waals surface area contributed by atoms with Gasteiger partial charge in [0, 0.05) is 31.7 Å². The molecule has 1 aromatic rings. The van der Waals surface area contributed by atoms with Crippen molar-refractivity contribution < 1.29 is 19.0 Å². The average Bonchev–Trinajstić information content (AvgIpc) is 3.20. The van der Waals surface area contributed by atoms with Crippen molar-refractivity contribution in [1.29, 1.82) is 0 Å². The van der Waals surface area contributed by atoms with Crippen LogP contribution in [0.2, 0.25) is 0 Å². The van der Waals surface area contributed by atoms with Crippen LogP contribution in [0.25, 0.3) is 0 Å². The second-order valence-electron chi connectivity index (χ2n) is 7.56. The maximum absolute atomic E-state index is 12.4. The minimum Gasteiger partial charge on any atom is -0.490 e. The topological polar surface area (TPSA) is 51.2 Å². The summed E-state index contributed by atoms with van der Waals surface area (Å²) in [5.41, 5.74) is 0.923. The monoisotopic (exact) mass is 532 g/mol. The molecule has 1 aromatic carbocycles. The fourth-order valence-electron chi connectivity index (χ4n) is 3.81. The Morgan fingerprint density at radius 1 is 1.17 bits per heavy atom. The summed E-state index contributed by atoms with van der Waals surface area (Å²) in [4.78, 5) is 17.2. The van der Waals surface area contributed by atoms with Crippen LogP contribution in [0, 0.1) is 3.57 Å². The number of halogens is 1. The van der Waals surface area contributed by atoms with E-state index in [2.05, 4.69) is 41.3 Å². The van der Waals surface area contributed by atoms with Crippen molar-refractivity contribution in [2.75, 3.05) is 39.4 Å². The lowest BCUT2D eigenvalue weighted by Gasteiger charge is -2.37. The number of carbonyl (C=O) groups is 1. The molecule has 0 aliphatic carbocycles. The molecule has 0 unspecified atom stereocenters. The molecule has 0 aromatic heterocycles. The Labute approximate surface area is 192 Å². The molecule has 1 amide bonds. The lowest BCUT2D eigenvalue weighted by Crippen LogP contribution is -2.47. The molecular weight excluding hydrogens is 503 g/mol. The van der Waals surface area contributed by atoms with E-state index in [0.29, 0.717) is 18.1 Å². The van der Waals surface area contributed by atoms with Gasteiger partial charge in [-0.15, -0.1) is 0 Å². The Balaban J connectivity index is 1.76. The fraction of sp³-hybridized carbons (Fsp3) is 0.619. The molecule has 2 fully saturated rings. The molecular formula is C21H29IN2O4S. The summed E-state index contributed by atoms with van der Waals surface area (Å²) in [7, 11) is 0. The van der Waals surface area contributed by atoms with Crippen LogP contribution in [0.5, 0.6) is 11.5 Å². The number of hydrogen-bond donors (Lipinski definition) is 0. The van der Waals surface area contributed by atoms with Crippen molar-refractivity contribution in [2.24, 2.45) is 0 Å². The van der Waals surface area contributed by atoms with Crippen LogP contribution in [0.1, 0.15) is 39.2 Å². The van der Waals surface area contributed by atoms with E-state index in [0.717, 1.165) is 53.1 Å². The van der Waals surface area contributed by atoms with Crippen LogP contribution < -0.4 is 9.47 Å². The summed E-state index contributed by atoms with van der Waals surface area (Å²) in [5.74, 6) is 1.26. The van der Waals surface area contributed by atoms with Gasteiger partial charge < -0.3 is 24.0 Å². The molecule has 2 atom stereocenters. The highest BCUT2D eigenvalue weighted by molar-refractivity contribution is 14.1. The third kappa shape index (κ3) is 5.73. The van der Waals surface area contributed by atoms with E-state index >= 15 is 0 Å². The van der Waals surface area contributed by atoms with E-state index in [9.17, 15) is 4.79 Å². The molecule has 29 heavy (non-hydrogen) atoms. The van der Waals surface area contributed by atoms with Crippen LogP contribution in [0.15, 0.2) is 12.1 Å². The lowest BCUT2D eigenvalue weighted by atomic mass is 10.1. The van der Waals surface area contributed by atoms with Gasteiger partial charge in [0.05, 0.1) is 22.4 Å². The summed E-state index contributed by atoms with van der Waals surface area (Å²) < 4.78 is 18.5. The Morgan fingerprint density at radius 2 is 1.83 bits per heavy atom. The number of hydrogen-bond acceptors (Lipinski definition) is 5. The molecule has 8 heteroatoms. The Kier molecular flexibility index (Phi) is 7.98. The largest absolute Gasteiger partial charge is 0.490 e. The number of carbonyl (C=O) groups excluding carboxylic acids is 1. The van der Waals surface area contributed by atoms with Gasteiger partial charge in [0.15, 0.2) is 18.1 Å². The third-order valence-corrected chi connectivity index (χ3v) is 6.36. The molecule has 0 N–H and O–H groups in total. The van der Waals surface area contributed by atoms with Gasteiger partial charge in [-0.3, -0.25) is 4.79 Å². The highest BCUT2D eigenvalue weighted by Crippen LogP contribution is 2.35. The second-order valence-corrected chi connectivity index (χ2v) is 9.11. The minimum absolute atomic E-state index is 0.0247. The smallest absolute Gasteiger partial charge is 0.260 e. The molecule has 2 aliphatic heterocycles. The molecule has 6 nitrogen and oxygen atoms in total. The van der Waals surface area contributed by atoms with Crippen LogP contribution >= 0.6 is 34.8 Å². The number of amides is 1. The van der Waals surface area contributed by atoms with Gasteiger partial charge in [0.1, 0.15) is 4.99 Å². The zero-order valence-electron chi connectivity index (χ0n) is 17.3. The molecule has 2 aliphatic rings. The van der Waals surface area contributed by atoms with Crippen molar-refractivity contribution in [3.8, 4) is 11.5 Å². The zero-order chi connectivity index (χ0) is 21.0. The van der Waals surface area contributed by atoms with Crippen LogP contribution in [0.4, 0.5) is 0 Å². The van der Waals surface area contributed by atoms with Crippen LogP contribution in [0.3, 0.4) is 0 Å². The van der Waals surface area contributed by atoms with Gasteiger partial charge in [-0.2, -0.15) is 0 Å². The number of nitrogens with zero attached hydrogens (tertiary/aromatic N) is 2. The van der Waals surface area contributed by atoms with E-state index in [1.807, 2.05) is 24.0 Å². The number of ether oxygens (including phenoxy) is 3. The number of rotatable bonds is 6. The van der Waals surface area contributed by atoms with Gasteiger partial charge in [-0.1, -0.05) is 12.2 Å². The van der Waals surface area contributed by atoms with Gasteiger partial charge in [0.25, 0.3) is 5.91 Å². The molecule has 0 spiro atoms. The highest BCUT2D eigenvalue weighted by Gasteiger charge is 2.26. The first-order valence-corrected chi connectivity index (χ1v) is 11.7. The van der Waals surface area contributed by atoms with E-state index in [1.165, 1.54) is 0 Å². The van der Waals surface area contributed by atoms with E-state index in [-0.39, 0.29) is 24.7 Å². The number of likely N-dealkylation sites (tertiary alicyclic amines) is 1. The highest BCUT2D eigenvalue weighted by atomic mass is 127. The van der Waals surface area contributed by atoms with Crippen LogP contribution in [-0.2, 0) is 9.53 Å². The molecule has 2 saturated heterocycles. The van der Waals surface area contributed by atoms with Gasteiger partial charge in [-0.05, 0) is 68.3 Å². The first-order valence-electron chi connectivity index (χ1n) is 10.2. The minimum atomic E-state index is 0.0247. The quantitative estimate of drug-likeness (QED) is 0.413. The van der Waals surface area contributed by atoms with Gasteiger partial charge in [-0.25, -0.2) is 0 Å². The molecule has 0 radical (unpaired) electrons. The Bertz CT molecular complexity index is 744. The fourth-order valence-corrected chi connectivity index (χ4v) is 4.84. The van der Waals surface area contributed by atoms with Crippen molar-refractivity contribution in [3.63, 3.8) is 0 Å². The first-order chi connectivity index (χ1) is 13.9. The summed E-state index contributed by atoms with van der Waals surface area (Å²) in [6.07, 6.45) is 2.42. The molecule has 2 heterocycles.